The minimum Gasteiger partial charge on any atom is -0.385 e. The molecule has 1 rings (SSSR count). The number of nitrogens with zero attached hydrogens (tertiary/aromatic N) is 2. The van der Waals surface area contributed by atoms with Crippen LogP contribution >= 0.6 is 0 Å². The molecule has 0 aliphatic heterocycles. The van der Waals surface area contributed by atoms with Gasteiger partial charge in [-0.2, -0.15) is 0 Å². The van der Waals surface area contributed by atoms with E-state index >= 15 is 0 Å². The Hall–Kier alpha value is -1.07. The highest BCUT2D eigenvalue weighted by Gasteiger charge is 2.08. The first-order valence-electron chi connectivity index (χ1n) is 6.43. The van der Waals surface area contributed by atoms with E-state index in [1.807, 2.05) is 6.92 Å². The Labute approximate surface area is 109 Å². The van der Waals surface area contributed by atoms with Crippen molar-refractivity contribution in [2.45, 2.75) is 26.8 Å². The monoisotopic (exact) mass is 255 g/mol. The summed E-state index contributed by atoms with van der Waals surface area (Å²) in [4.78, 5) is 4.49. The van der Waals surface area contributed by atoms with Crippen LogP contribution in [0.3, 0.4) is 0 Å². The Morgan fingerprint density at radius 3 is 2.83 bits per heavy atom. The molecule has 0 saturated carbocycles. The van der Waals surface area contributed by atoms with E-state index in [0.29, 0.717) is 5.92 Å². The quantitative estimate of drug-likeness (QED) is 0.685. The first-order valence-corrected chi connectivity index (χ1v) is 6.43. The molecule has 18 heavy (non-hydrogen) atoms. The molecule has 0 spiro atoms. The van der Waals surface area contributed by atoms with Crippen LogP contribution in [0.4, 0.5) is 5.95 Å². The van der Waals surface area contributed by atoms with Crippen molar-refractivity contribution in [2.75, 3.05) is 39.3 Å². The van der Waals surface area contributed by atoms with Gasteiger partial charge >= 0.3 is 0 Å². The average molecular weight is 255 g/mol. The number of rotatable bonds is 9. The zero-order chi connectivity index (χ0) is 13.4. The Bertz CT molecular complexity index is 339. The summed E-state index contributed by atoms with van der Waals surface area (Å²) in [6.07, 6.45) is 3.06. The first-order chi connectivity index (χ1) is 8.67. The molecule has 0 saturated heterocycles. The van der Waals surface area contributed by atoms with Gasteiger partial charge in [0.1, 0.15) is 0 Å². The minimum absolute atomic E-state index is 0.475. The molecular formula is C13H25N3O2. The summed E-state index contributed by atoms with van der Waals surface area (Å²) in [5.41, 5.74) is 1.04. The van der Waals surface area contributed by atoms with E-state index in [9.17, 15) is 0 Å². The van der Waals surface area contributed by atoms with Crippen molar-refractivity contribution in [3.63, 3.8) is 0 Å². The van der Waals surface area contributed by atoms with E-state index in [2.05, 4.69) is 28.0 Å². The number of aromatic nitrogens is 2. The number of methoxy groups -OCH3 is 2. The highest BCUT2D eigenvalue weighted by atomic mass is 16.5. The van der Waals surface area contributed by atoms with Crippen LogP contribution < -0.4 is 5.32 Å². The normalized spacial score (nSPS) is 12.7. The second-order valence-corrected chi connectivity index (χ2v) is 4.69. The number of aryl methyl sites for hydroxylation is 1. The van der Waals surface area contributed by atoms with Crippen LogP contribution in [0.1, 0.15) is 19.0 Å². The lowest BCUT2D eigenvalue weighted by Crippen LogP contribution is -2.15. The Morgan fingerprint density at radius 1 is 1.39 bits per heavy atom. The summed E-state index contributed by atoms with van der Waals surface area (Å²) in [6.45, 7) is 7.52. The van der Waals surface area contributed by atoms with Gasteiger partial charge in [-0.3, -0.25) is 0 Å². The van der Waals surface area contributed by atoms with E-state index in [4.69, 9.17) is 9.47 Å². The van der Waals surface area contributed by atoms with Crippen molar-refractivity contribution >= 4 is 5.95 Å². The maximum Gasteiger partial charge on any atom is 0.203 e. The molecule has 0 aliphatic rings. The van der Waals surface area contributed by atoms with Gasteiger partial charge in [0.2, 0.25) is 5.95 Å². The van der Waals surface area contributed by atoms with Crippen LogP contribution in [0.2, 0.25) is 0 Å². The van der Waals surface area contributed by atoms with Crippen molar-refractivity contribution < 1.29 is 9.47 Å². The third-order valence-corrected chi connectivity index (χ3v) is 2.66. The van der Waals surface area contributed by atoms with Crippen LogP contribution in [0.15, 0.2) is 6.20 Å². The van der Waals surface area contributed by atoms with Crippen molar-refractivity contribution in [1.82, 2.24) is 9.55 Å². The Kier molecular flexibility index (Phi) is 6.75. The summed E-state index contributed by atoms with van der Waals surface area (Å²) in [6, 6.07) is 0. The van der Waals surface area contributed by atoms with Crippen LogP contribution in [0.5, 0.6) is 0 Å². The number of nitrogens with one attached hydrogen (secondary N) is 1. The topological polar surface area (TPSA) is 48.3 Å². The molecule has 1 heterocycles. The van der Waals surface area contributed by atoms with Crippen LogP contribution in [0.25, 0.3) is 0 Å². The van der Waals surface area contributed by atoms with Crippen LogP contribution in [-0.4, -0.2) is 43.5 Å². The molecule has 1 aromatic rings. The van der Waals surface area contributed by atoms with E-state index in [1.54, 1.807) is 14.2 Å². The molecule has 1 N–H and O–H groups in total. The van der Waals surface area contributed by atoms with Gasteiger partial charge in [0.15, 0.2) is 0 Å². The largest absolute Gasteiger partial charge is 0.385 e. The van der Waals surface area contributed by atoms with Crippen molar-refractivity contribution in [2.24, 2.45) is 5.92 Å². The summed E-state index contributed by atoms with van der Waals surface area (Å²) in [5.74, 6) is 1.41. The smallest absolute Gasteiger partial charge is 0.203 e. The minimum atomic E-state index is 0.475. The summed E-state index contributed by atoms with van der Waals surface area (Å²) >= 11 is 0. The standard InChI is InChI=1S/C13H25N3O2/c1-11(10-18-4)8-16-9-12(2)15-13(16)14-6-5-7-17-3/h9,11H,5-8,10H2,1-4H3,(H,14,15). The Morgan fingerprint density at radius 2 is 2.17 bits per heavy atom. The van der Waals surface area contributed by atoms with Gasteiger partial charge in [0, 0.05) is 40.1 Å². The van der Waals surface area contributed by atoms with E-state index < -0.39 is 0 Å². The SMILES string of the molecule is COCCCNc1nc(C)cn1CC(C)COC. The van der Waals surface area contributed by atoms with Gasteiger partial charge in [0.05, 0.1) is 12.3 Å². The fourth-order valence-corrected chi connectivity index (χ4v) is 1.92. The third-order valence-electron chi connectivity index (χ3n) is 2.66. The molecular weight excluding hydrogens is 230 g/mol. The predicted octanol–water partition coefficient (Wildman–Crippen LogP) is 1.92. The van der Waals surface area contributed by atoms with E-state index in [0.717, 1.165) is 44.4 Å². The van der Waals surface area contributed by atoms with Gasteiger partial charge in [-0.15, -0.1) is 0 Å². The van der Waals surface area contributed by atoms with Gasteiger partial charge in [-0.25, -0.2) is 4.98 Å². The molecule has 5 nitrogen and oxygen atoms in total. The summed E-state index contributed by atoms with van der Waals surface area (Å²) < 4.78 is 12.4. The van der Waals surface area contributed by atoms with Gasteiger partial charge in [-0.1, -0.05) is 6.92 Å². The summed E-state index contributed by atoms with van der Waals surface area (Å²) in [7, 11) is 3.46. The predicted molar refractivity (Wildman–Crippen MR) is 73.0 cm³/mol. The van der Waals surface area contributed by atoms with Crippen LogP contribution in [-0.2, 0) is 16.0 Å². The molecule has 1 aromatic heterocycles. The molecule has 0 fully saturated rings. The highest BCUT2D eigenvalue weighted by molar-refractivity contribution is 5.28. The lowest BCUT2D eigenvalue weighted by atomic mass is 10.2. The van der Waals surface area contributed by atoms with Crippen molar-refractivity contribution in [3.8, 4) is 0 Å². The average Bonchev–Trinajstić information content (AvgIpc) is 2.65. The second-order valence-electron chi connectivity index (χ2n) is 4.69. The zero-order valence-electron chi connectivity index (χ0n) is 11.9. The molecule has 0 aliphatic carbocycles. The molecule has 0 radical (unpaired) electrons. The number of anilines is 1. The highest BCUT2D eigenvalue weighted by Crippen LogP contribution is 2.12. The summed E-state index contributed by atoms with van der Waals surface area (Å²) in [5, 5.41) is 3.35. The zero-order valence-corrected chi connectivity index (χ0v) is 11.9. The van der Waals surface area contributed by atoms with E-state index in [1.165, 1.54) is 0 Å². The second kappa shape index (κ2) is 8.11. The fourth-order valence-electron chi connectivity index (χ4n) is 1.92. The van der Waals surface area contributed by atoms with Gasteiger partial charge < -0.3 is 19.4 Å². The lowest BCUT2D eigenvalue weighted by Gasteiger charge is -2.14. The fraction of sp³-hybridized carbons (Fsp3) is 0.769. The number of imidazole rings is 1. The first kappa shape index (κ1) is 15.0. The molecule has 1 atom stereocenters. The molecule has 0 amide bonds. The Balaban J connectivity index is 2.50. The number of hydrogen-bond donors (Lipinski definition) is 1. The maximum atomic E-state index is 5.16. The molecule has 0 bridgehead atoms. The third kappa shape index (κ3) is 5.06. The van der Waals surface area contributed by atoms with Crippen molar-refractivity contribution in [1.29, 1.82) is 0 Å². The lowest BCUT2D eigenvalue weighted by molar-refractivity contribution is 0.151. The van der Waals surface area contributed by atoms with Gasteiger partial charge in [-0.05, 0) is 19.3 Å². The maximum absolute atomic E-state index is 5.16. The molecule has 5 heteroatoms. The molecule has 104 valence electrons. The molecule has 1 unspecified atom stereocenters. The van der Waals surface area contributed by atoms with Crippen LogP contribution in [0, 0.1) is 12.8 Å². The number of ether oxygens (including phenoxy) is 2. The number of hydrogen-bond acceptors (Lipinski definition) is 4. The van der Waals surface area contributed by atoms with E-state index in [-0.39, 0.29) is 0 Å². The van der Waals surface area contributed by atoms with Gasteiger partial charge in [0.25, 0.3) is 0 Å². The van der Waals surface area contributed by atoms with Crippen molar-refractivity contribution in [3.05, 3.63) is 11.9 Å². The molecule has 0 aromatic carbocycles.